The van der Waals surface area contributed by atoms with E-state index in [4.69, 9.17) is 5.21 Å². The highest BCUT2D eigenvalue weighted by atomic mass is 32.1. The molecule has 0 radical (unpaired) electrons. The van der Waals surface area contributed by atoms with Crippen molar-refractivity contribution in [2.24, 2.45) is 5.16 Å². The van der Waals surface area contributed by atoms with Gasteiger partial charge in [0.1, 0.15) is 5.82 Å². The van der Waals surface area contributed by atoms with E-state index in [-0.39, 0.29) is 5.56 Å². The largest absolute Gasteiger partial charge is 0.411 e. The highest BCUT2D eigenvalue weighted by Crippen LogP contribution is 2.39. The molecule has 0 atom stereocenters. The summed E-state index contributed by atoms with van der Waals surface area (Å²) in [4.78, 5) is 2.27. The lowest BCUT2D eigenvalue weighted by Crippen LogP contribution is -1.92. The van der Waals surface area contributed by atoms with Crippen LogP contribution in [0.3, 0.4) is 0 Å². The van der Waals surface area contributed by atoms with Gasteiger partial charge < -0.3 is 5.21 Å². The van der Waals surface area contributed by atoms with E-state index >= 15 is 0 Å². The molecule has 0 aliphatic carbocycles. The number of oxime groups is 1. The van der Waals surface area contributed by atoms with Crippen LogP contribution in [0.25, 0.3) is 19.8 Å². The van der Waals surface area contributed by atoms with E-state index in [1.165, 1.54) is 37.0 Å². The van der Waals surface area contributed by atoms with Gasteiger partial charge in [0, 0.05) is 25.4 Å². The second-order valence-corrected chi connectivity index (χ2v) is 9.84. The van der Waals surface area contributed by atoms with E-state index in [0.29, 0.717) is 5.56 Å². The molecule has 0 bridgehead atoms. The van der Waals surface area contributed by atoms with Crippen LogP contribution in [0.2, 0.25) is 0 Å². The molecule has 4 aromatic rings. The number of fused-ring (bicyclic) bond motifs is 1. The average molecular weight is 462 g/mol. The first-order chi connectivity index (χ1) is 15.6. The van der Waals surface area contributed by atoms with Crippen LogP contribution in [-0.2, 0) is 12.8 Å². The van der Waals surface area contributed by atoms with E-state index in [0.717, 1.165) is 36.8 Å². The molecule has 0 fully saturated rings. The smallest absolute Gasteiger partial charge is 0.133 e. The second-order valence-electron chi connectivity index (χ2n) is 7.67. The van der Waals surface area contributed by atoms with Crippen molar-refractivity contribution in [3.63, 3.8) is 0 Å². The van der Waals surface area contributed by atoms with Crippen molar-refractivity contribution in [1.82, 2.24) is 0 Å². The quantitative estimate of drug-likeness (QED) is 0.135. The van der Waals surface area contributed by atoms with Crippen LogP contribution in [0.1, 0.15) is 53.8 Å². The fraction of sp³-hybridized carbons (Fsp3) is 0.222. The van der Waals surface area contributed by atoms with Crippen molar-refractivity contribution in [3.8, 4) is 22.3 Å². The molecule has 2 nitrogen and oxygen atoms in total. The van der Waals surface area contributed by atoms with E-state index < -0.39 is 5.82 Å². The third-order valence-corrected chi connectivity index (χ3v) is 7.47. The van der Waals surface area contributed by atoms with Gasteiger partial charge in [-0.3, -0.25) is 0 Å². The van der Waals surface area contributed by atoms with Crippen molar-refractivity contribution in [2.75, 3.05) is 0 Å². The van der Waals surface area contributed by atoms with Crippen LogP contribution in [-0.4, -0.2) is 11.4 Å². The Hall–Kier alpha value is -2.94. The third-order valence-electron chi connectivity index (χ3n) is 5.23. The highest BCUT2D eigenvalue weighted by molar-refractivity contribution is 7.29. The summed E-state index contributed by atoms with van der Waals surface area (Å²) in [6, 6.07) is 15.9. The highest BCUT2D eigenvalue weighted by Gasteiger charge is 2.12. The molecule has 162 valence electrons. The molecule has 0 aliphatic rings. The number of rotatable bonds is 6. The predicted octanol–water partition coefficient (Wildman–Crippen LogP) is 7.88. The molecule has 0 amide bonds. The maximum absolute atomic E-state index is 14.0. The molecule has 2 aromatic carbocycles. The summed E-state index contributed by atoms with van der Waals surface area (Å²) in [5.41, 5.74) is 5.02. The van der Waals surface area contributed by atoms with Gasteiger partial charge in [-0.2, -0.15) is 0 Å². The van der Waals surface area contributed by atoms with Crippen molar-refractivity contribution in [3.05, 3.63) is 81.5 Å². The molecular formula is C27H24FNOS2. The Bertz CT molecular complexity index is 1310. The minimum atomic E-state index is -0.459. The minimum Gasteiger partial charge on any atom is -0.411 e. The van der Waals surface area contributed by atoms with Crippen molar-refractivity contribution in [1.29, 1.82) is 0 Å². The van der Waals surface area contributed by atoms with Gasteiger partial charge >= 0.3 is 0 Å². The van der Waals surface area contributed by atoms with Crippen molar-refractivity contribution < 1.29 is 9.60 Å². The van der Waals surface area contributed by atoms with Crippen LogP contribution in [0.15, 0.2) is 53.7 Å². The lowest BCUT2D eigenvalue weighted by molar-refractivity contribution is 0.321. The molecule has 0 saturated heterocycles. The zero-order valence-corrected chi connectivity index (χ0v) is 19.7. The number of thiophene rings is 2. The number of nitrogens with zero attached hydrogens (tertiary/aromatic N) is 1. The molecule has 0 aliphatic heterocycles. The molecule has 4 rings (SSSR count). The van der Waals surface area contributed by atoms with Gasteiger partial charge in [0.2, 0.25) is 0 Å². The topological polar surface area (TPSA) is 32.6 Å². The molecule has 32 heavy (non-hydrogen) atoms. The van der Waals surface area contributed by atoms with E-state index in [1.54, 1.807) is 34.8 Å². The molecule has 2 heterocycles. The maximum Gasteiger partial charge on any atom is 0.133 e. The zero-order chi connectivity index (χ0) is 22.5. The van der Waals surface area contributed by atoms with E-state index in [9.17, 15) is 4.39 Å². The number of halogens is 1. The normalized spacial score (nSPS) is 11.2. The number of aryl methyl sites for hydroxylation is 2. The standard InChI is InChI=1S/C27H24FNOS2/c1-3-5-18-9-12-23(20(13-18)6-4-2)25-16-27-26(32-25)15-22(31-27)11-8-19-7-10-21(17-29-30)24(28)14-19/h7,9-10,12-17,30H,3-6H2,1-2H3/b29-17+. The van der Waals surface area contributed by atoms with Crippen LogP contribution < -0.4 is 0 Å². The minimum absolute atomic E-state index is 0.229. The Morgan fingerprint density at radius 2 is 1.75 bits per heavy atom. The van der Waals surface area contributed by atoms with Gasteiger partial charge in [-0.05, 0) is 59.9 Å². The Kier molecular flexibility index (Phi) is 7.04. The summed E-state index contributed by atoms with van der Waals surface area (Å²) in [7, 11) is 0. The number of benzene rings is 2. The first-order valence-electron chi connectivity index (χ1n) is 10.8. The van der Waals surface area contributed by atoms with E-state index in [1.807, 2.05) is 0 Å². The van der Waals surface area contributed by atoms with Crippen LogP contribution in [0.5, 0.6) is 0 Å². The van der Waals surface area contributed by atoms with Gasteiger partial charge in [-0.25, -0.2) is 4.39 Å². The lowest BCUT2D eigenvalue weighted by Gasteiger charge is -2.10. The molecule has 1 N–H and O–H groups in total. The van der Waals surface area contributed by atoms with Gasteiger partial charge in [0.05, 0.1) is 11.1 Å². The summed E-state index contributed by atoms with van der Waals surface area (Å²) in [5.74, 6) is 5.72. The lowest BCUT2D eigenvalue weighted by atomic mass is 9.97. The summed E-state index contributed by atoms with van der Waals surface area (Å²) >= 11 is 3.47. The SMILES string of the molecule is CCCc1ccc(-c2cc3sc(C#Cc4ccc(/C=N/O)c(F)c4)cc3s2)c(CCC)c1. The average Bonchev–Trinajstić information content (AvgIpc) is 3.34. The molecule has 0 unspecified atom stereocenters. The fourth-order valence-electron chi connectivity index (χ4n) is 3.74. The first kappa shape index (κ1) is 22.3. The zero-order valence-electron chi connectivity index (χ0n) is 18.1. The van der Waals surface area contributed by atoms with Crippen LogP contribution in [0, 0.1) is 17.7 Å². The fourth-order valence-corrected chi connectivity index (χ4v) is 6.05. The van der Waals surface area contributed by atoms with Gasteiger partial charge in [-0.15, -0.1) is 22.7 Å². The van der Waals surface area contributed by atoms with Crippen molar-refractivity contribution >= 4 is 38.3 Å². The first-order valence-corrected chi connectivity index (χ1v) is 12.4. The van der Waals surface area contributed by atoms with Gasteiger partial charge in [0.15, 0.2) is 0 Å². The third kappa shape index (κ3) is 4.93. The van der Waals surface area contributed by atoms with Crippen LogP contribution >= 0.6 is 22.7 Å². The Labute approximate surface area is 196 Å². The monoisotopic (exact) mass is 461 g/mol. The van der Waals surface area contributed by atoms with Gasteiger partial charge in [-0.1, -0.05) is 61.9 Å². The number of hydrogen-bond donors (Lipinski definition) is 1. The Morgan fingerprint density at radius 3 is 2.47 bits per heavy atom. The summed E-state index contributed by atoms with van der Waals surface area (Å²) in [5, 5.41) is 11.4. The summed E-state index contributed by atoms with van der Waals surface area (Å²) in [6.07, 6.45) is 5.59. The number of hydrogen-bond acceptors (Lipinski definition) is 4. The molecular weight excluding hydrogens is 437 g/mol. The van der Waals surface area contributed by atoms with Crippen molar-refractivity contribution in [2.45, 2.75) is 39.5 Å². The Balaban J connectivity index is 1.60. The predicted molar refractivity (Wildman–Crippen MR) is 135 cm³/mol. The summed E-state index contributed by atoms with van der Waals surface area (Å²) < 4.78 is 16.4. The molecule has 0 spiro atoms. The maximum atomic E-state index is 14.0. The van der Waals surface area contributed by atoms with Crippen LogP contribution in [0.4, 0.5) is 4.39 Å². The van der Waals surface area contributed by atoms with E-state index in [2.05, 4.69) is 61.2 Å². The summed E-state index contributed by atoms with van der Waals surface area (Å²) in [6.45, 7) is 4.45. The second kappa shape index (κ2) is 10.1. The molecule has 0 saturated carbocycles. The molecule has 2 aromatic heterocycles. The molecule has 5 heteroatoms. The Morgan fingerprint density at radius 1 is 0.938 bits per heavy atom. The van der Waals surface area contributed by atoms with Gasteiger partial charge in [0.25, 0.3) is 0 Å².